The van der Waals surface area contributed by atoms with Crippen LogP contribution in [0.25, 0.3) is 0 Å². The molecule has 0 amide bonds. The minimum atomic E-state index is -0.995. The molecule has 0 aliphatic rings. The maximum atomic E-state index is 9.26. The third kappa shape index (κ3) is 116. The van der Waals surface area contributed by atoms with Crippen molar-refractivity contribution in [1.82, 2.24) is 0 Å². The number of rotatable bonds is 4. The van der Waals surface area contributed by atoms with E-state index in [0.717, 1.165) is 0 Å². The van der Waals surface area contributed by atoms with Crippen molar-refractivity contribution in [3.05, 3.63) is 0 Å². The molecule has 0 atom stereocenters. The molecule has 10 heteroatoms. The Morgan fingerprint density at radius 2 is 0.545 bits per heavy atom. The molecule has 0 radical (unpaired) electrons. The van der Waals surface area contributed by atoms with Gasteiger partial charge in [-0.3, -0.25) is 0 Å². The van der Waals surface area contributed by atoms with Gasteiger partial charge in [0, 0.05) is 23.9 Å². The Balaban J connectivity index is -0.0000000376. The van der Waals surface area contributed by atoms with Crippen molar-refractivity contribution in [3.8, 4) is 0 Å². The largest absolute Gasteiger partial charge is 2.00 e. The van der Waals surface area contributed by atoms with Crippen molar-refractivity contribution >= 4 is 23.9 Å². The smallest absolute Gasteiger partial charge is 0.550 e. The zero-order chi connectivity index (χ0) is 17.1. The van der Waals surface area contributed by atoms with Gasteiger partial charge in [-0.05, 0) is 25.7 Å². The average molecular weight is 517 g/mol. The summed E-state index contributed by atoms with van der Waals surface area (Å²) in [6, 6.07) is 0. The molecule has 0 bridgehead atoms. The summed E-state index contributed by atoms with van der Waals surface area (Å²) < 4.78 is 0. The molecule has 0 unspecified atom stereocenters. The zero-order valence-electron chi connectivity index (χ0n) is 13.5. The first-order chi connectivity index (χ1) is 9.08. The van der Waals surface area contributed by atoms with Crippen LogP contribution in [0.2, 0.25) is 0 Å². The maximum absolute atomic E-state index is 9.26. The quantitative estimate of drug-likeness (QED) is 0.349. The normalized spacial score (nSPS) is 6.73. The van der Waals surface area contributed by atoms with E-state index < -0.39 is 23.9 Å². The third-order valence-corrected chi connectivity index (χ3v) is 1.15. The molecular formula is C12H20Cd2O8. The SMILES string of the molecule is CCC(=O)[O-].CCC(=O)[O-].CCC(=O)[O-].CCC(=O)[O-].[Cd+2].[Cd+2]. The molecule has 0 heterocycles. The fraction of sp³-hybridized carbons (Fsp3) is 0.667. The summed E-state index contributed by atoms with van der Waals surface area (Å²) in [7, 11) is 0. The van der Waals surface area contributed by atoms with E-state index in [1.807, 2.05) is 0 Å². The van der Waals surface area contributed by atoms with Crippen LogP contribution in [0.1, 0.15) is 53.4 Å². The molecule has 0 aliphatic carbocycles. The van der Waals surface area contributed by atoms with Gasteiger partial charge in [-0.15, -0.1) is 0 Å². The molecule has 0 rings (SSSR count). The van der Waals surface area contributed by atoms with Crippen LogP contribution in [0.4, 0.5) is 0 Å². The molecule has 22 heavy (non-hydrogen) atoms. The van der Waals surface area contributed by atoms with Gasteiger partial charge in [0.1, 0.15) is 0 Å². The van der Waals surface area contributed by atoms with Crippen LogP contribution in [0.15, 0.2) is 0 Å². The molecule has 0 aromatic heterocycles. The van der Waals surface area contributed by atoms with E-state index >= 15 is 0 Å². The summed E-state index contributed by atoms with van der Waals surface area (Å²) in [6.07, 6.45) is 0.444. The minimum absolute atomic E-state index is 0. The van der Waals surface area contributed by atoms with Crippen LogP contribution in [0.3, 0.4) is 0 Å². The van der Waals surface area contributed by atoms with Crippen LogP contribution in [0.5, 0.6) is 0 Å². The standard InChI is InChI=1S/4C3H6O2.2Cd/c4*1-2-3(4)5;;/h4*2H2,1H3,(H,4,5);;/q;;;;2*+2/p-4. The van der Waals surface area contributed by atoms with E-state index in [-0.39, 0.29) is 80.3 Å². The first kappa shape index (κ1) is 37.7. The van der Waals surface area contributed by atoms with Gasteiger partial charge in [-0.2, -0.15) is 0 Å². The molecule has 0 saturated heterocycles. The number of hydrogen-bond donors (Lipinski definition) is 0. The second kappa shape index (κ2) is 32.6. The minimum Gasteiger partial charge on any atom is -0.550 e. The van der Waals surface area contributed by atoms with Gasteiger partial charge < -0.3 is 39.6 Å². The Kier molecular flexibility index (Phi) is 55.9. The Morgan fingerprint density at radius 1 is 0.500 bits per heavy atom. The van der Waals surface area contributed by atoms with Gasteiger partial charge in [0.15, 0.2) is 0 Å². The van der Waals surface area contributed by atoms with Crippen LogP contribution in [0, 0.1) is 0 Å². The second-order valence-corrected chi connectivity index (χ2v) is 2.90. The molecular weight excluding hydrogens is 497 g/mol. The van der Waals surface area contributed by atoms with Gasteiger partial charge in [-0.25, -0.2) is 0 Å². The Labute approximate surface area is 170 Å². The van der Waals surface area contributed by atoms with E-state index in [0.29, 0.717) is 0 Å². The van der Waals surface area contributed by atoms with E-state index in [2.05, 4.69) is 0 Å². The van der Waals surface area contributed by atoms with Gasteiger partial charge in [-0.1, -0.05) is 27.7 Å². The third-order valence-electron chi connectivity index (χ3n) is 1.15. The maximum Gasteiger partial charge on any atom is 2.00 e. The fourth-order valence-corrected chi connectivity index (χ4v) is 0. The summed E-state index contributed by atoms with van der Waals surface area (Å²) in [5, 5.41) is 37.0. The molecule has 8 nitrogen and oxygen atoms in total. The molecule has 0 aromatic carbocycles. The molecule has 0 aliphatic heterocycles. The van der Waals surface area contributed by atoms with Crippen molar-refractivity contribution in [2.45, 2.75) is 53.4 Å². The topological polar surface area (TPSA) is 161 Å². The predicted molar refractivity (Wildman–Crippen MR) is 61.2 cm³/mol. The number of hydrogen-bond acceptors (Lipinski definition) is 8. The number of carboxylic acids is 4. The molecule has 0 N–H and O–H groups in total. The molecule has 0 spiro atoms. The number of aliphatic carboxylic acids is 4. The van der Waals surface area contributed by atoms with Crippen molar-refractivity contribution in [3.63, 3.8) is 0 Å². The Bertz CT molecular complexity index is 226. The fourth-order valence-electron chi connectivity index (χ4n) is 0. The second-order valence-electron chi connectivity index (χ2n) is 2.90. The monoisotopic (exact) mass is 520 g/mol. The van der Waals surface area contributed by atoms with E-state index in [4.69, 9.17) is 0 Å². The van der Waals surface area contributed by atoms with Gasteiger partial charge >= 0.3 is 54.6 Å². The summed E-state index contributed by atoms with van der Waals surface area (Å²) >= 11 is 0. The molecule has 0 fully saturated rings. The first-order valence-electron chi connectivity index (χ1n) is 5.88. The average Bonchev–Trinajstić information content (AvgIpc) is 2.40. The van der Waals surface area contributed by atoms with Crippen LogP contribution in [-0.4, -0.2) is 23.9 Å². The Morgan fingerprint density at radius 3 is 0.545 bits per heavy atom. The summed E-state index contributed by atoms with van der Waals surface area (Å²) in [5.74, 6) is -3.98. The van der Waals surface area contributed by atoms with Crippen LogP contribution in [-0.2, 0) is 73.8 Å². The van der Waals surface area contributed by atoms with Crippen LogP contribution < -0.4 is 20.4 Å². The first-order valence-corrected chi connectivity index (χ1v) is 5.88. The zero-order valence-corrected chi connectivity index (χ0v) is 21.6. The van der Waals surface area contributed by atoms with Crippen molar-refractivity contribution in [2.24, 2.45) is 0 Å². The van der Waals surface area contributed by atoms with Crippen molar-refractivity contribution < 1.29 is 94.2 Å². The molecule has 0 aromatic rings. The van der Waals surface area contributed by atoms with Gasteiger partial charge in [0.2, 0.25) is 0 Å². The van der Waals surface area contributed by atoms with Gasteiger partial charge in [0.25, 0.3) is 0 Å². The Hall–Kier alpha value is -0.276. The predicted octanol–water partition coefficient (Wildman–Crippen LogP) is -3.42. The van der Waals surface area contributed by atoms with Gasteiger partial charge in [0.05, 0.1) is 0 Å². The molecule has 120 valence electrons. The summed E-state index contributed by atoms with van der Waals surface area (Å²) in [6.45, 7) is 6.15. The van der Waals surface area contributed by atoms with E-state index in [1.165, 1.54) is 27.7 Å². The number of carbonyl (C=O) groups excluding carboxylic acids is 4. The van der Waals surface area contributed by atoms with E-state index in [9.17, 15) is 39.6 Å². The number of carboxylic acid groups (broad SMARTS) is 4. The summed E-state index contributed by atoms with van der Waals surface area (Å²) in [5.41, 5.74) is 0. The molecule has 0 saturated carbocycles. The number of carbonyl (C=O) groups is 4. The van der Waals surface area contributed by atoms with Crippen molar-refractivity contribution in [2.75, 3.05) is 0 Å². The van der Waals surface area contributed by atoms with Crippen molar-refractivity contribution in [1.29, 1.82) is 0 Å². The van der Waals surface area contributed by atoms with Crippen LogP contribution >= 0.6 is 0 Å². The van der Waals surface area contributed by atoms with E-state index in [1.54, 1.807) is 0 Å². The summed E-state index contributed by atoms with van der Waals surface area (Å²) in [4.78, 5) is 37.0.